The Balaban J connectivity index is 1.70. The van der Waals surface area contributed by atoms with Gasteiger partial charge in [-0.25, -0.2) is 9.97 Å². The van der Waals surface area contributed by atoms with Crippen LogP contribution in [0.5, 0.6) is 0 Å². The van der Waals surface area contributed by atoms with E-state index >= 15 is 0 Å². The van der Waals surface area contributed by atoms with Crippen LogP contribution in [0.2, 0.25) is 5.02 Å². The van der Waals surface area contributed by atoms with E-state index in [1.165, 1.54) is 35.4 Å². The summed E-state index contributed by atoms with van der Waals surface area (Å²) in [7, 11) is 4.35. The summed E-state index contributed by atoms with van der Waals surface area (Å²) >= 11 is 5.98. The number of amidine groups is 1. The van der Waals surface area contributed by atoms with Gasteiger partial charge in [0.1, 0.15) is 12.1 Å². The van der Waals surface area contributed by atoms with E-state index in [9.17, 15) is 0 Å². The van der Waals surface area contributed by atoms with Crippen LogP contribution in [0.15, 0.2) is 30.6 Å². The van der Waals surface area contributed by atoms with Crippen molar-refractivity contribution in [2.75, 3.05) is 38.6 Å². The van der Waals surface area contributed by atoms with Gasteiger partial charge >= 0.3 is 0 Å². The minimum Gasteiger partial charge on any atom is -0.332 e. The van der Waals surface area contributed by atoms with Crippen molar-refractivity contribution in [1.82, 2.24) is 14.9 Å². The standard InChI is InChI=1S/C23H31ClN5/c1-16(2)19-8-6-7-17(3)20(19)21(27(4)5)29-12-11-28(15-23(29)9-10-23)22-25-13-18(24)14-26-22/h6-8,13-14,16H,9-12,15H2,1-5H3/q+1. The van der Waals surface area contributed by atoms with E-state index in [2.05, 4.69) is 77.4 Å². The molecule has 1 spiro atoms. The molecule has 2 fully saturated rings. The van der Waals surface area contributed by atoms with Gasteiger partial charge in [-0.1, -0.05) is 43.6 Å². The first kappa shape index (κ1) is 20.1. The van der Waals surface area contributed by atoms with E-state index in [1.54, 1.807) is 12.4 Å². The van der Waals surface area contributed by atoms with Crippen LogP contribution in [-0.4, -0.2) is 64.5 Å². The summed E-state index contributed by atoms with van der Waals surface area (Å²) in [6, 6.07) is 6.71. The molecule has 154 valence electrons. The van der Waals surface area contributed by atoms with Gasteiger partial charge in [0.15, 0.2) is 0 Å². The first-order valence-corrected chi connectivity index (χ1v) is 10.8. The maximum atomic E-state index is 5.98. The fraction of sp³-hybridized carbons (Fsp3) is 0.522. The van der Waals surface area contributed by atoms with Crippen molar-refractivity contribution >= 4 is 23.4 Å². The van der Waals surface area contributed by atoms with Gasteiger partial charge in [-0.3, -0.25) is 9.48 Å². The summed E-state index contributed by atoms with van der Waals surface area (Å²) in [4.78, 5) is 13.9. The highest BCUT2D eigenvalue weighted by Crippen LogP contribution is 2.46. The van der Waals surface area contributed by atoms with Crippen molar-refractivity contribution in [3.63, 3.8) is 0 Å². The molecule has 2 aliphatic rings. The van der Waals surface area contributed by atoms with Crippen LogP contribution in [0.4, 0.5) is 5.95 Å². The van der Waals surface area contributed by atoms with E-state index in [0.717, 1.165) is 25.6 Å². The number of hydrogen-bond donors (Lipinski definition) is 0. The molecule has 0 radical (unpaired) electrons. The van der Waals surface area contributed by atoms with Crippen LogP contribution >= 0.6 is 11.6 Å². The molecule has 0 amide bonds. The number of anilines is 1. The number of piperazine rings is 1. The van der Waals surface area contributed by atoms with Gasteiger partial charge in [0.25, 0.3) is 5.84 Å². The Hall–Kier alpha value is -2.14. The minimum absolute atomic E-state index is 0.164. The Labute approximate surface area is 179 Å². The van der Waals surface area contributed by atoms with E-state index in [4.69, 9.17) is 11.6 Å². The largest absolute Gasteiger partial charge is 0.332 e. The number of aryl methyl sites for hydroxylation is 1. The number of benzene rings is 1. The second-order valence-electron chi connectivity index (χ2n) is 8.91. The molecular weight excluding hydrogens is 382 g/mol. The Morgan fingerprint density at radius 1 is 1.14 bits per heavy atom. The molecule has 29 heavy (non-hydrogen) atoms. The van der Waals surface area contributed by atoms with Crippen LogP contribution in [0.25, 0.3) is 0 Å². The van der Waals surface area contributed by atoms with Crippen LogP contribution in [0.3, 0.4) is 0 Å². The lowest BCUT2D eigenvalue weighted by atomic mass is 9.91. The molecule has 0 unspecified atom stereocenters. The molecule has 4 rings (SSSR count). The lowest BCUT2D eigenvalue weighted by molar-refractivity contribution is -0.470. The van der Waals surface area contributed by atoms with Crippen LogP contribution < -0.4 is 4.90 Å². The number of nitrogens with zero attached hydrogens (tertiary/aromatic N) is 5. The Morgan fingerprint density at radius 3 is 2.41 bits per heavy atom. The number of aromatic nitrogens is 2. The normalized spacial score (nSPS) is 17.8. The van der Waals surface area contributed by atoms with E-state index in [-0.39, 0.29) is 5.54 Å². The smallest absolute Gasteiger partial charge is 0.279 e. The van der Waals surface area contributed by atoms with Crippen molar-refractivity contribution in [2.45, 2.75) is 45.1 Å². The van der Waals surface area contributed by atoms with E-state index in [0.29, 0.717) is 10.9 Å². The molecule has 1 aliphatic heterocycles. The minimum atomic E-state index is 0.164. The predicted molar refractivity (Wildman–Crippen MR) is 119 cm³/mol. The molecule has 0 N–H and O–H groups in total. The monoisotopic (exact) mass is 412 g/mol. The summed E-state index contributed by atoms with van der Waals surface area (Å²) in [5, 5.41) is 0.581. The van der Waals surface area contributed by atoms with Crippen LogP contribution in [0.1, 0.15) is 49.3 Å². The first-order valence-electron chi connectivity index (χ1n) is 10.5. The number of halogens is 1. The third kappa shape index (κ3) is 3.73. The third-order valence-electron chi connectivity index (χ3n) is 6.20. The average Bonchev–Trinajstić information content (AvgIpc) is 3.44. The maximum absolute atomic E-state index is 5.98. The highest BCUT2D eigenvalue weighted by molar-refractivity contribution is 6.30. The molecular formula is C23H31ClN5+. The van der Waals surface area contributed by atoms with Gasteiger partial charge in [-0.2, -0.15) is 0 Å². The van der Waals surface area contributed by atoms with Crippen LogP contribution in [0, 0.1) is 6.92 Å². The van der Waals surface area contributed by atoms with Crippen molar-refractivity contribution < 1.29 is 4.58 Å². The molecule has 1 aromatic heterocycles. The Kier molecular flexibility index (Phi) is 5.28. The van der Waals surface area contributed by atoms with Crippen LogP contribution in [-0.2, 0) is 0 Å². The Morgan fingerprint density at radius 2 is 1.83 bits per heavy atom. The van der Waals surface area contributed by atoms with Crippen molar-refractivity contribution in [2.24, 2.45) is 0 Å². The van der Waals surface area contributed by atoms with Gasteiger partial charge in [-0.05, 0) is 36.8 Å². The first-order chi connectivity index (χ1) is 13.8. The average molecular weight is 413 g/mol. The summed E-state index contributed by atoms with van der Waals surface area (Å²) in [6.45, 7) is 9.63. The zero-order valence-corrected chi connectivity index (χ0v) is 18.9. The van der Waals surface area contributed by atoms with Gasteiger partial charge in [0.05, 0.1) is 50.2 Å². The number of hydrogen-bond acceptors (Lipinski definition) is 3. The van der Waals surface area contributed by atoms with Gasteiger partial charge in [0.2, 0.25) is 5.95 Å². The lowest BCUT2D eigenvalue weighted by Gasteiger charge is -2.39. The van der Waals surface area contributed by atoms with Gasteiger partial charge in [-0.15, -0.1) is 0 Å². The predicted octanol–water partition coefficient (Wildman–Crippen LogP) is 3.94. The molecule has 1 saturated carbocycles. The molecule has 0 bridgehead atoms. The van der Waals surface area contributed by atoms with E-state index in [1.807, 2.05) is 0 Å². The highest BCUT2D eigenvalue weighted by Gasteiger charge is 2.58. The molecule has 2 heterocycles. The Bertz CT molecular complexity index is 927. The fourth-order valence-corrected chi connectivity index (χ4v) is 4.69. The molecule has 1 aromatic carbocycles. The third-order valence-corrected chi connectivity index (χ3v) is 6.39. The summed E-state index contributed by atoms with van der Waals surface area (Å²) in [5.41, 5.74) is 4.33. The molecule has 2 aromatic rings. The highest BCUT2D eigenvalue weighted by atomic mass is 35.5. The topological polar surface area (TPSA) is 35.3 Å². The maximum Gasteiger partial charge on any atom is 0.279 e. The quantitative estimate of drug-likeness (QED) is 0.434. The SMILES string of the molecule is Cc1cccc(C(C)C)c1C(N1CCN(c2ncc(Cl)cn2)CC12CC2)=[N+](C)C. The lowest BCUT2D eigenvalue weighted by Crippen LogP contribution is -2.59. The summed E-state index contributed by atoms with van der Waals surface area (Å²) < 4.78 is 2.31. The zero-order valence-electron chi connectivity index (χ0n) is 18.1. The molecule has 5 nitrogen and oxygen atoms in total. The molecule has 6 heteroatoms. The van der Waals surface area contributed by atoms with Crippen molar-refractivity contribution in [3.05, 3.63) is 52.3 Å². The van der Waals surface area contributed by atoms with Crippen molar-refractivity contribution in [3.8, 4) is 0 Å². The second kappa shape index (κ2) is 7.60. The summed E-state index contributed by atoms with van der Waals surface area (Å²) in [5.74, 6) is 2.62. The zero-order chi connectivity index (χ0) is 20.8. The fourth-order valence-electron chi connectivity index (χ4n) is 4.60. The van der Waals surface area contributed by atoms with E-state index < -0.39 is 0 Å². The molecule has 1 aliphatic carbocycles. The molecule has 1 saturated heterocycles. The molecule has 0 atom stereocenters. The van der Waals surface area contributed by atoms with Gasteiger partial charge < -0.3 is 4.90 Å². The second-order valence-corrected chi connectivity index (χ2v) is 9.35. The summed E-state index contributed by atoms with van der Waals surface area (Å²) in [6.07, 6.45) is 5.79. The van der Waals surface area contributed by atoms with Crippen molar-refractivity contribution in [1.29, 1.82) is 0 Å². The number of rotatable bonds is 3. The van der Waals surface area contributed by atoms with Gasteiger partial charge in [0, 0.05) is 0 Å².